The number of cyclic esters (lactones) is 1. The molecule has 2 heterocycles. The van der Waals surface area contributed by atoms with Crippen LogP contribution in [-0.4, -0.2) is 44.2 Å². The maximum Gasteiger partial charge on any atom is 0.351 e. The Morgan fingerprint density at radius 1 is 1.50 bits per heavy atom. The van der Waals surface area contributed by atoms with Gasteiger partial charge in [0.15, 0.2) is 0 Å². The van der Waals surface area contributed by atoms with Gasteiger partial charge in [-0.1, -0.05) is 34.5 Å². The molecule has 2 aliphatic heterocycles. The van der Waals surface area contributed by atoms with Crippen LogP contribution in [-0.2, 0) is 19.1 Å². The van der Waals surface area contributed by atoms with E-state index in [9.17, 15) is 9.18 Å². The summed E-state index contributed by atoms with van der Waals surface area (Å²) in [6.07, 6.45) is -1.36. The summed E-state index contributed by atoms with van der Waals surface area (Å²) in [7, 11) is 1.43. The first-order valence-corrected chi connectivity index (χ1v) is 7.33. The molecule has 1 fully saturated rings. The highest BCUT2D eigenvalue weighted by atomic mass is 19.1. The maximum atomic E-state index is 13.0. The number of carbonyl (C=O) groups excluding carboxylic acids is 1. The average molecular weight is 334 g/mol. The van der Waals surface area contributed by atoms with Gasteiger partial charge in [-0.05, 0) is 16.7 Å². The molecule has 1 saturated heterocycles. The summed E-state index contributed by atoms with van der Waals surface area (Å²) in [5, 5.41) is 7.40. The topological polar surface area (TPSA) is 106 Å². The Balaban J connectivity index is 1.80. The van der Waals surface area contributed by atoms with E-state index in [4.69, 9.17) is 19.8 Å². The number of halogens is 1. The van der Waals surface area contributed by atoms with Gasteiger partial charge in [0.1, 0.15) is 13.3 Å². The third kappa shape index (κ3) is 2.79. The van der Waals surface area contributed by atoms with E-state index in [1.807, 2.05) is 0 Å². The zero-order chi connectivity index (χ0) is 17.1. The van der Waals surface area contributed by atoms with Crippen LogP contribution in [0.4, 0.5) is 4.39 Å². The summed E-state index contributed by atoms with van der Waals surface area (Å²) in [6, 6.07) is 6.10. The fraction of sp³-hybridized carbons (Fsp3) is 0.467. The van der Waals surface area contributed by atoms with Gasteiger partial charge in [-0.25, -0.2) is 4.79 Å². The lowest BCUT2D eigenvalue weighted by Gasteiger charge is -2.20. The van der Waals surface area contributed by atoms with Crippen molar-refractivity contribution in [3.63, 3.8) is 0 Å². The van der Waals surface area contributed by atoms with Crippen molar-refractivity contribution in [3.05, 3.63) is 45.8 Å². The number of nitrogens with zero attached hydrogens (tertiary/aromatic N) is 4. The number of fused-ring (bicyclic) bond motifs is 1. The highest BCUT2D eigenvalue weighted by molar-refractivity contribution is 6.06. The van der Waals surface area contributed by atoms with E-state index in [1.165, 1.54) is 7.11 Å². The van der Waals surface area contributed by atoms with Crippen molar-refractivity contribution >= 4 is 11.7 Å². The van der Waals surface area contributed by atoms with Crippen LogP contribution in [0.15, 0.2) is 34.5 Å². The van der Waals surface area contributed by atoms with Crippen LogP contribution in [0.2, 0.25) is 0 Å². The molecule has 126 valence electrons. The Kier molecular flexibility index (Phi) is 4.64. The van der Waals surface area contributed by atoms with E-state index < -0.39 is 30.9 Å². The molecule has 0 bridgehead atoms. The minimum absolute atomic E-state index is 0.219. The lowest BCUT2D eigenvalue weighted by Crippen LogP contribution is -2.24. The zero-order valence-corrected chi connectivity index (χ0v) is 12.8. The number of benzene rings is 1. The number of carbonyl (C=O) groups is 1. The number of hydrogen-bond acceptors (Lipinski definition) is 6. The Morgan fingerprint density at radius 3 is 2.88 bits per heavy atom. The van der Waals surface area contributed by atoms with Crippen LogP contribution in [0.1, 0.15) is 17.2 Å². The van der Waals surface area contributed by atoms with Gasteiger partial charge in [0.2, 0.25) is 6.10 Å². The predicted octanol–water partition coefficient (Wildman–Crippen LogP) is 2.30. The highest BCUT2D eigenvalue weighted by Crippen LogP contribution is 2.30. The van der Waals surface area contributed by atoms with E-state index >= 15 is 0 Å². The van der Waals surface area contributed by atoms with Gasteiger partial charge in [0.05, 0.1) is 23.8 Å². The molecule has 0 spiro atoms. The summed E-state index contributed by atoms with van der Waals surface area (Å²) in [5.41, 5.74) is 10.6. The van der Waals surface area contributed by atoms with Crippen LogP contribution < -0.4 is 0 Å². The normalized spacial score (nSPS) is 24.2. The smallest absolute Gasteiger partial charge is 0.351 e. The fourth-order valence-corrected chi connectivity index (χ4v) is 2.89. The highest BCUT2D eigenvalue weighted by Gasteiger charge is 2.46. The number of oxime groups is 1. The van der Waals surface area contributed by atoms with Crippen molar-refractivity contribution in [2.24, 2.45) is 16.2 Å². The third-order valence-electron chi connectivity index (χ3n) is 4.12. The van der Waals surface area contributed by atoms with Gasteiger partial charge in [0, 0.05) is 12.0 Å². The molecule has 2 aliphatic rings. The minimum atomic E-state index is -0.941. The summed E-state index contributed by atoms with van der Waals surface area (Å²) in [5.74, 6) is -0.627. The molecule has 3 rings (SSSR count). The molecular weight excluding hydrogens is 319 g/mol. The number of alkyl halides is 1. The number of esters is 1. The summed E-state index contributed by atoms with van der Waals surface area (Å²) in [4.78, 5) is 19.2. The van der Waals surface area contributed by atoms with Gasteiger partial charge in [0.25, 0.3) is 0 Å². The van der Waals surface area contributed by atoms with Crippen LogP contribution >= 0.6 is 0 Å². The lowest BCUT2D eigenvalue weighted by molar-refractivity contribution is -0.146. The molecule has 8 nitrogen and oxygen atoms in total. The third-order valence-corrected chi connectivity index (χ3v) is 4.12. The number of rotatable bonds is 6. The van der Waals surface area contributed by atoms with Gasteiger partial charge < -0.3 is 14.3 Å². The number of methoxy groups -OCH3 is 1. The molecule has 0 N–H and O–H groups in total. The first-order valence-electron chi connectivity index (χ1n) is 7.33. The molecule has 1 aromatic rings. The SMILES string of the molecule is CO[C@H](c1ccc(C2=NOC3C(=O)OCC23)cc1)[C@@H](CF)N=[N+]=[N-]. The summed E-state index contributed by atoms with van der Waals surface area (Å²) < 4.78 is 23.3. The second-order valence-electron chi connectivity index (χ2n) is 5.44. The van der Waals surface area contributed by atoms with Crippen molar-refractivity contribution in [2.75, 3.05) is 20.4 Å². The number of ether oxygens (including phenoxy) is 2. The molecule has 0 radical (unpaired) electrons. The molecule has 0 saturated carbocycles. The molecule has 0 aliphatic carbocycles. The molecule has 9 heteroatoms. The molecule has 1 aromatic carbocycles. The number of hydrogen-bond donors (Lipinski definition) is 0. The van der Waals surface area contributed by atoms with Crippen LogP contribution in [0, 0.1) is 5.92 Å². The first-order chi connectivity index (χ1) is 11.7. The van der Waals surface area contributed by atoms with E-state index in [-0.39, 0.29) is 12.5 Å². The van der Waals surface area contributed by atoms with Crippen LogP contribution in [0.5, 0.6) is 0 Å². The van der Waals surface area contributed by atoms with Gasteiger partial charge in [-0.3, -0.25) is 4.39 Å². The molecule has 2 unspecified atom stereocenters. The van der Waals surface area contributed by atoms with Crippen LogP contribution in [0.25, 0.3) is 10.4 Å². The van der Waals surface area contributed by atoms with Crippen molar-refractivity contribution in [3.8, 4) is 0 Å². The van der Waals surface area contributed by atoms with E-state index in [0.29, 0.717) is 11.3 Å². The fourth-order valence-electron chi connectivity index (χ4n) is 2.89. The molecule has 0 aromatic heterocycles. The van der Waals surface area contributed by atoms with Crippen molar-refractivity contribution in [1.82, 2.24) is 0 Å². The Hall–Kier alpha value is -2.64. The van der Waals surface area contributed by atoms with Crippen molar-refractivity contribution in [2.45, 2.75) is 18.2 Å². The second-order valence-corrected chi connectivity index (χ2v) is 5.44. The molecule has 0 amide bonds. The van der Waals surface area contributed by atoms with E-state index in [0.717, 1.165) is 5.56 Å². The second kappa shape index (κ2) is 6.86. The maximum absolute atomic E-state index is 13.0. The van der Waals surface area contributed by atoms with Gasteiger partial charge >= 0.3 is 5.97 Å². The van der Waals surface area contributed by atoms with Crippen molar-refractivity contribution in [1.29, 1.82) is 0 Å². The first kappa shape index (κ1) is 16.2. The van der Waals surface area contributed by atoms with E-state index in [2.05, 4.69) is 15.2 Å². The summed E-state index contributed by atoms with van der Waals surface area (Å²) in [6.45, 7) is -0.584. The Bertz CT molecular complexity index is 702. The van der Waals surface area contributed by atoms with Gasteiger partial charge in [-0.15, -0.1) is 0 Å². The average Bonchev–Trinajstić information content (AvgIpc) is 3.18. The molecule has 4 atom stereocenters. The van der Waals surface area contributed by atoms with E-state index in [1.54, 1.807) is 24.3 Å². The minimum Gasteiger partial charge on any atom is -0.462 e. The van der Waals surface area contributed by atoms with Crippen LogP contribution in [0.3, 0.4) is 0 Å². The lowest BCUT2D eigenvalue weighted by atomic mass is 9.93. The quantitative estimate of drug-likeness (QED) is 0.344. The standard InChI is InChI=1S/C15H15FN4O4/c1-22-13(11(6-16)18-20-17)9-4-2-8(3-5-9)12-10-7-23-15(21)14(10)24-19-12/h2-5,10-11,13-14H,6-7H2,1H3/t10?,11-,13-,14?/m1/s1. The Labute approximate surface area is 136 Å². The van der Waals surface area contributed by atoms with Crippen molar-refractivity contribution < 1.29 is 23.5 Å². The predicted molar refractivity (Wildman–Crippen MR) is 81.0 cm³/mol. The Morgan fingerprint density at radius 2 is 2.25 bits per heavy atom. The number of azide groups is 1. The molecular formula is C15H15FN4O4. The van der Waals surface area contributed by atoms with Gasteiger partial charge in [-0.2, -0.15) is 0 Å². The monoisotopic (exact) mass is 334 g/mol. The zero-order valence-electron chi connectivity index (χ0n) is 12.8. The largest absolute Gasteiger partial charge is 0.462 e. The molecule has 24 heavy (non-hydrogen) atoms. The summed E-state index contributed by atoms with van der Waals surface area (Å²) >= 11 is 0.